The summed E-state index contributed by atoms with van der Waals surface area (Å²) in [5, 5.41) is 8.86. The van der Waals surface area contributed by atoms with Gasteiger partial charge in [0.2, 0.25) is 0 Å². The summed E-state index contributed by atoms with van der Waals surface area (Å²) in [6, 6.07) is 4.41. The van der Waals surface area contributed by atoms with E-state index in [1.165, 1.54) is 12.1 Å². The highest BCUT2D eigenvalue weighted by Gasteiger charge is 2.15. The number of aliphatic carboxylic acids is 1. The molecule has 0 unspecified atom stereocenters. The van der Waals surface area contributed by atoms with E-state index < -0.39 is 11.8 Å². The molecule has 4 nitrogen and oxygen atoms in total. The van der Waals surface area contributed by atoms with Crippen LogP contribution in [0.15, 0.2) is 18.2 Å². The van der Waals surface area contributed by atoms with E-state index in [1.807, 2.05) is 0 Å². The summed E-state index contributed by atoms with van der Waals surface area (Å²) in [5.74, 6) is -2.44. The molecule has 0 saturated heterocycles. The maximum Gasteiger partial charge on any atom is 0.377 e. The van der Waals surface area contributed by atoms with E-state index in [-0.39, 0.29) is 5.56 Å². The molecule has 0 radical (unpaired) electrons. The summed E-state index contributed by atoms with van der Waals surface area (Å²) in [6.45, 7) is 0. The number of carboxylic acid groups (broad SMARTS) is 1. The molecule has 1 N–H and O–H groups in total. The van der Waals surface area contributed by atoms with Crippen molar-refractivity contribution >= 4 is 29.0 Å². The fourth-order valence-corrected chi connectivity index (χ4v) is 1.48. The minimum atomic E-state index is -1.48. The Morgan fingerprint density at radius 2 is 1.93 bits per heavy atom. The van der Waals surface area contributed by atoms with Crippen molar-refractivity contribution in [2.45, 2.75) is 0 Å². The van der Waals surface area contributed by atoms with Gasteiger partial charge in [-0.25, -0.2) is 4.79 Å². The molecule has 80 valence electrons. The van der Waals surface area contributed by atoms with Crippen LogP contribution in [-0.4, -0.2) is 31.0 Å². The second-order valence-electron chi connectivity index (χ2n) is 3.19. The predicted molar refractivity (Wildman–Crippen MR) is 57.7 cm³/mol. The molecule has 0 fully saturated rings. The average molecular weight is 228 g/mol. The predicted octanol–water partition coefficient (Wildman–Crippen LogP) is 1.67. The van der Waals surface area contributed by atoms with Gasteiger partial charge in [0.05, 0.1) is 10.7 Å². The van der Waals surface area contributed by atoms with Crippen molar-refractivity contribution in [2.75, 3.05) is 19.0 Å². The summed E-state index contributed by atoms with van der Waals surface area (Å²) < 4.78 is 0. The van der Waals surface area contributed by atoms with E-state index in [2.05, 4.69) is 0 Å². The van der Waals surface area contributed by atoms with Gasteiger partial charge in [-0.3, -0.25) is 4.79 Å². The maximum atomic E-state index is 11.1. The first kappa shape index (κ1) is 11.5. The lowest BCUT2D eigenvalue weighted by Gasteiger charge is -2.14. The number of carbonyl (C=O) groups excluding carboxylic acids is 1. The smallest absolute Gasteiger partial charge is 0.377 e. The van der Waals surface area contributed by atoms with Gasteiger partial charge < -0.3 is 10.0 Å². The van der Waals surface area contributed by atoms with Gasteiger partial charge in [0, 0.05) is 19.7 Å². The first-order valence-corrected chi connectivity index (χ1v) is 4.55. The Morgan fingerprint density at radius 3 is 2.33 bits per heavy atom. The molecule has 0 aromatic heterocycles. The molecule has 0 heterocycles. The number of carbonyl (C=O) groups is 2. The fourth-order valence-electron chi connectivity index (χ4n) is 1.13. The quantitative estimate of drug-likeness (QED) is 0.631. The van der Waals surface area contributed by atoms with Crippen molar-refractivity contribution in [2.24, 2.45) is 0 Å². The number of halogens is 1. The largest absolute Gasteiger partial charge is 0.475 e. The van der Waals surface area contributed by atoms with Gasteiger partial charge in [-0.1, -0.05) is 11.6 Å². The van der Waals surface area contributed by atoms with Crippen molar-refractivity contribution in [3.8, 4) is 0 Å². The Kier molecular flexibility index (Phi) is 3.31. The molecule has 0 aliphatic heterocycles. The van der Waals surface area contributed by atoms with E-state index in [0.29, 0.717) is 5.02 Å². The minimum Gasteiger partial charge on any atom is -0.475 e. The third-order valence-electron chi connectivity index (χ3n) is 1.89. The molecular weight excluding hydrogens is 218 g/mol. The molecule has 0 spiro atoms. The number of rotatable bonds is 3. The fraction of sp³-hybridized carbons (Fsp3) is 0.200. The molecule has 15 heavy (non-hydrogen) atoms. The Hall–Kier alpha value is -1.55. The minimum absolute atomic E-state index is 0.0816. The van der Waals surface area contributed by atoms with E-state index in [9.17, 15) is 9.59 Å². The number of Topliss-reactive ketones (excluding diaryl/α,β-unsaturated/α-hetero) is 1. The van der Waals surface area contributed by atoms with Crippen LogP contribution in [0.2, 0.25) is 5.02 Å². The molecule has 0 amide bonds. The van der Waals surface area contributed by atoms with Gasteiger partial charge in [-0.05, 0) is 18.2 Å². The molecule has 0 bridgehead atoms. The van der Waals surface area contributed by atoms with E-state index in [0.717, 1.165) is 5.69 Å². The zero-order valence-corrected chi connectivity index (χ0v) is 9.08. The van der Waals surface area contributed by atoms with Gasteiger partial charge in [-0.2, -0.15) is 0 Å². The standard InChI is InChI=1S/C10H10ClNO3/c1-12(2)8-4-3-6(5-7(8)11)9(13)10(14)15/h3-5H,1-2H3,(H,14,15). The number of carboxylic acids is 1. The van der Waals surface area contributed by atoms with Crippen molar-refractivity contribution < 1.29 is 14.7 Å². The van der Waals surface area contributed by atoms with Crippen LogP contribution in [0.4, 0.5) is 5.69 Å². The van der Waals surface area contributed by atoms with Crippen molar-refractivity contribution in [1.82, 2.24) is 0 Å². The lowest BCUT2D eigenvalue weighted by atomic mass is 10.1. The number of hydrogen-bond acceptors (Lipinski definition) is 3. The first-order valence-electron chi connectivity index (χ1n) is 4.18. The Morgan fingerprint density at radius 1 is 1.33 bits per heavy atom. The number of benzene rings is 1. The lowest BCUT2D eigenvalue weighted by molar-refractivity contribution is -0.131. The summed E-state index contributed by atoms with van der Waals surface area (Å²) in [6.07, 6.45) is 0. The van der Waals surface area contributed by atoms with Crippen molar-refractivity contribution in [1.29, 1.82) is 0 Å². The molecule has 1 rings (SSSR count). The second-order valence-corrected chi connectivity index (χ2v) is 3.60. The van der Waals surface area contributed by atoms with Crippen LogP contribution in [0.5, 0.6) is 0 Å². The van der Waals surface area contributed by atoms with Crippen molar-refractivity contribution in [3.05, 3.63) is 28.8 Å². The van der Waals surface area contributed by atoms with Crippen LogP contribution in [0.25, 0.3) is 0 Å². The van der Waals surface area contributed by atoms with Crippen LogP contribution in [0, 0.1) is 0 Å². The van der Waals surface area contributed by atoms with Gasteiger partial charge >= 0.3 is 5.97 Å². The molecule has 0 aliphatic carbocycles. The molecule has 0 atom stereocenters. The molecule has 0 aliphatic rings. The van der Waals surface area contributed by atoms with Crippen LogP contribution in [-0.2, 0) is 4.79 Å². The highest BCUT2D eigenvalue weighted by molar-refractivity contribution is 6.41. The molecular formula is C10H10ClNO3. The number of ketones is 1. The third kappa shape index (κ3) is 2.47. The van der Waals surface area contributed by atoms with Crippen molar-refractivity contribution in [3.63, 3.8) is 0 Å². The summed E-state index contributed by atoms with van der Waals surface area (Å²) >= 11 is 5.89. The highest BCUT2D eigenvalue weighted by Crippen LogP contribution is 2.25. The Balaban J connectivity index is 3.12. The van der Waals surface area contributed by atoms with Crippen LogP contribution >= 0.6 is 11.6 Å². The van der Waals surface area contributed by atoms with E-state index in [4.69, 9.17) is 16.7 Å². The highest BCUT2D eigenvalue weighted by atomic mass is 35.5. The van der Waals surface area contributed by atoms with Gasteiger partial charge in [0.15, 0.2) is 0 Å². The third-order valence-corrected chi connectivity index (χ3v) is 2.19. The van der Waals surface area contributed by atoms with Gasteiger partial charge in [0.1, 0.15) is 0 Å². The van der Waals surface area contributed by atoms with Gasteiger partial charge in [-0.15, -0.1) is 0 Å². The average Bonchev–Trinajstić information content (AvgIpc) is 2.15. The van der Waals surface area contributed by atoms with Crippen LogP contribution in [0.1, 0.15) is 10.4 Å². The summed E-state index contributed by atoms with van der Waals surface area (Å²) in [7, 11) is 3.61. The molecule has 5 heteroatoms. The first-order chi connectivity index (χ1) is 6.93. The lowest BCUT2D eigenvalue weighted by Crippen LogP contribution is -2.14. The topological polar surface area (TPSA) is 57.6 Å². The molecule has 1 aromatic rings. The Bertz CT molecular complexity index is 415. The normalized spacial score (nSPS) is 9.80. The van der Waals surface area contributed by atoms with E-state index in [1.54, 1.807) is 25.1 Å². The second kappa shape index (κ2) is 4.31. The number of anilines is 1. The molecule has 1 aromatic carbocycles. The maximum absolute atomic E-state index is 11.1. The van der Waals surface area contributed by atoms with Gasteiger partial charge in [0.25, 0.3) is 5.78 Å². The number of nitrogens with zero attached hydrogens (tertiary/aromatic N) is 1. The van der Waals surface area contributed by atoms with E-state index >= 15 is 0 Å². The zero-order chi connectivity index (χ0) is 11.6. The van der Waals surface area contributed by atoms with Crippen LogP contribution < -0.4 is 4.90 Å². The molecule has 0 saturated carbocycles. The monoisotopic (exact) mass is 227 g/mol. The zero-order valence-electron chi connectivity index (χ0n) is 8.32. The summed E-state index contributed by atoms with van der Waals surface area (Å²) in [5.41, 5.74) is 0.816. The Labute approximate surface area is 92.1 Å². The SMILES string of the molecule is CN(C)c1ccc(C(=O)C(=O)O)cc1Cl. The number of hydrogen-bond donors (Lipinski definition) is 1. The van der Waals surface area contributed by atoms with Crippen LogP contribution in [0.3, 0.4) is 0 Å². The summed E-state index contributed by atoms with van der Waals surface area (Å²) in [4.78, 5) is 23.3.